The van der Waals surface area contributed by atoms with Crippen molar-refractivity contribution in [3.8, 4) is 5.75 Å². The SMILES string of the molecule is BrC1CCCC1c1ccc2c(c1)CCO2. The highest BCUT2D eigenvalue weighted by Gasteiger charge is 2.27. The predicted molar refractivity (Wildman–Crippen MR) is 64.9 cm³/mol. The van der Waals surface area contributed by atoms with E-state index in [9.17, 15) is 0 Å². The van der Waals surface area contributed by atoms with Crippen LogP contribution in [0.3, 0.4) is 0 Å². The van der Waals surface area contributed by atoms with E-state index >= 15 is 0 Å². The normalized spacial score (nSPS) is 28.9. The van der Waals surface area contributed by atoms with Gasteiger partial charge in [-0.1, -0.05) is 34.5 Å². The van der Waals surface area contributed by atoms with Crippen molar-refractivity contribution in [1.29, 1.82) is 0 Å². The molecule has 1 aromatic rings. The number of benzene rings is 1. The molecule has 1 aromatic carbocycles. The summed E-state index contributed by atoms with van der Waals surface area (Å²) in [7, 11) is 0. The summed E-state index contributed by atoms with van der Waals surface area (Å²) in [5.41, 5.74) is 2.90. The Kier molecular flexibility index (Phi) is 2.47. The van der Waals surface area contributed by atoms with Gasteiger partial charge in [-0.05, 0) is 36.0 Å². The van der Waals surface area contributed by atoms with Gasteiger partial charge in [0.1, 0.15) is 5.75 Å². The third-order valence-corrected chi connectivity index (χ3v) is 4.67. The van der Waals surface area contributed by atoms with E-state index in [-0.39, 0.29) is 0 Å². The molecule has 0 radical (unpaired) electrons. The first kappa shape index (κ1) is 9.71. The van der Waals surface area contributed by atoms with Crippen molar-refractivity contribution < 1.29 is 4.74 Å². The van der Waals surface area contributed by atoms with Crippen LogP contribution in [0.1, 0.15) is 36.3 Å². The standard InChI is InChI=1S/C13H15BrO/c14-12-3-1-2-11(12)9-4-5-13-10(8-9)6-7-15-13/h4-5,8,11-12H,1-3,6-7H2. The van der Waals surface area contributed by atoms with Crippen LogP contribution >= 0.6 is 15.9 Å². The van der Waals surface area contributed by atoms with E-state index in [1.807, 2.05) is 0 Å². The van der Waals surface area contributed by atoms with Crippen LogP contribution in [0.25, 0.3) is 0 Å². The second-order valence-electron chi connectivity index (χ2n) is 4.52. The molecule has 1 heterocycles. The zero-order chi connectivity index (χ0) is 10.3. The van der Waals surface area contributed by atoms with Crippen molar-refractivity contribution in [2.24, 2.45) is 0 Å². The maximum atomic E-state index is 5.53. The van der Waals surface area contributed by atoms with E-state index in [0.29, 0.717) is 4.83 Å². The number of halogens is 1. The zero-order valence-electron chi connectivity index (χ0n) is 8.71. The number of alkyl halides is 1. The van der Waals surface area contributed by atoms with E-state index in [1.165, 1.54) is 30.4 Å². The molecule has 1 nitrogen and oxygen atoms in total. The monoisotopic (exact) mass is 266 g/mol. The first-order valence-electron chi connectivity index (χ1n) is 5.74. The van der Waals surface area contributed by atoms with Gasteiger partial charge in [0.25, 0.3) is 0 Å². The van der Waals surface area contributed by atoms with Crippen LogP contribution in [-0.2, 0) is 6.42 Å². The highest BCUT2D eigenvalue weighted by molar-refractivity contribution is 9.09. The molecular weight excluding hydrogens is 252 g/mol. The zero-order valence-corrected chi connectivity index (χ0v) is 10.3. The molecule has 0 N–H and O–H groups in total. The molecule has 2 unspecified atom stereocenters. The van der Waals surface area contributed by atoms with Crippen molar-refractivity contribution in [3.63, 3.8) is 0 Å². The average molecular weight is 267 g/mol. The van der Waals surface area contributed by atoms with Crippen LogP contribution < -0.4 is 4.74 Å². The summed E-state index contributed by atoms with van der Waals surface area (Å²) >= 11 is 3.79. The number of hydrogen-bond acceptors (Lipinski definition) is 1. The molecule has 2 aliphatic rings. The molecule has 0 spiro atoms. The Morgan fingerprint density at radius 3 is 3.00 bits per heavy atom. The average Bonchev–Trinajstić information content (AvgIpc) is 2.84. The molecule has 1 aliphatic heterocycles. The lowest BCUT2D eigenvalue weighted by Crippen LogP contribution is -2.04. The summed E-state index contributed by atoms with van der Waals surface area (Å²) in [5, 5.41) is 0. The minimum atomic E-state index is 0.679. The Labute approximate surface area is 99.0 Å². The van der Waals surface area contributed by atoms with Gasteiger partial charge < -0.3 is 4.74 Å². The summed E-state index contributed by atoms with van der Waals surface area (Å²) in [5.74, 6) is 1.82. The Morgan fingerprint density at radius 2 is 2.20 bits per heavy atom. The third-order valence-electron chi connectivity index (χ3n) is 3.57. The van der Waals surface area contributed by atoms with Gasteiger partial charge in [-0.2, -0.15) is 0 Å². The molecule has 15 heavy (non-hydrogen) atoms. The van der Waals surface area contributed by atoms with Crippen molar-refractivity contribution in [1.82, 2.24) is 0 Å². The van der Waals surface area contributed by atoms with Crippen molar-refractivity contribution in [2.75, 3.05) is 6.61 Å². The number of ether oxygens (including phenoxy) is 1. The van der Waals surface area contributed by atoms with Crippen LogP contribution in [0, 0.1) is 0 Å². The molecule has 3 rings (SSSR count). The van der Waals surface area contributed by atoms with Gasteiger partial charge in [0.2, 0.25) is 0 Å². The van der Waals surface area contributed by atoms with Crippen LogP contribution in [-0.4, -0.2) is 11.4 Å². The van der Waals surface area contributed by atoms with Crippen molar-refractivity contribution in [2.45, 2.75) is 36.4 Å². The lowest BCUT2D eigenvalue weighted by atomic mass is 9.95. The molecular formula is C13H15BrO. The second kappa shape index (κ2) is 3.82. The highest BCUT2D eigenvalue weighted by atomic mass is 79.9. The molecule has 0 bridgehead atoms. The van der Waals surface area contributed by atoms with Gasteiger partial charge in [-0.25, -0.2) is 0 Å². The first-order chi connectivity index (χ1) is 7.34. The number of fused-ring (bicyclic) bond motifs is 1. The van der Waals surface area contributed by atoms with Crippen LogP contribution in [0.5, 0.6) is 5.75 Å². The predicted octanol–water partition coefficient (Wildman–Crippen LogP) is 3.65. The smallest absolute Gasteiger partial charge is 0.122 e. The number of hydrogen-bond donors (Lipinski definition) is 0. The fraction of sp³-hybridized carbons (Fsp3) is 0.538. The van der Waals surface area contributed by atoms with Gasteiger partial charge in [-0.15, -0.1) is 0 Å². The fourth-order valence-corrected chi connectivity index (χ4v) is 3.62. The van der Waals surface area contributed by atoms with E-state index in [1.54, 1.807) is 0 Å². The van der Waals surface area contributed by atoms with Crippen LogP contribution in [0.4, 0.5) is 0 Å². The summed E-state index contributed by atoms with van der Waals surface area (Å²) in [6, 6.07) is 6.75. The Hall–Kier alpha value is -0.500. The molecule has 1 saturated carbocycles. The third kappa shape index (κ3) is 1.69. The molecule has 2 atom stereocenters. The molecule has 0 aromatic heterocycles. The van der Waals surface area contributed by atoms with Crippen LogP contribution in [0.2, 0.25) is 0 Å². The summed E-state index contributed by atoms with van der Waals surface area (Å²) in [6.07, 6.45) is 5.09. The number of rotatable bonds is 1. The lowest BCUT2D eigenvalue weighted by molar-refractivity contribution is 0.357. The molecule has 1 fully saturated rings. The van der Waals surface area contributed by atoms with E-state index in [2.05, 4.69) is 34.1 Å². The largest absolute Gasteiger partial charge is 0.493 e. The molecule has 0 saturated heterocycles. The van der Waals surface area contributed by atoms with Crippen LogP contribution in [0.15, 0.2) is 18.2 Å². The Balaban J connectivity index is 1.92. The van der Waals surface area contributed by atoms with Gasteiger partial charge in [-0.3, -0.25) is 0 Å². The van der Waals surface area contributed by atoms with Crippen molar-refractivity contribution in [3.05, 3.63) is 29.3 Å². The quantitative estimate of drug-likeness (QED) is 0.706. The molecule has 0 amide bonds. The van der Waals surface area contributed by atoms with Gasteiger partial charge in [0.15, 0.2) is 0 Å². The van der Waals surface area contributed by atoms with E-state index < -0.39 is 0 Å². The summed E-state index contributed by atoms with van der Waals surface area (Å²) in [4.78, 5) is 0.679. The Bertz CT molecular complexity index is 375. The van der Waals surface area contributed by atoms with E-state index in [0.717, 1.165) is 24.7 Å². The second-order valence-corrected chi connectivity index (χ2v) is 5.70. The fourth-order valence-electron chi connectivity index (χ4n) is 2.73. The maximum absolute atomic E-state index is 5.53. The topological polar surface area (TPSA) is 9.23 Å². The van der Waals surface area contributed by atoms with Gasteiger partial charge >= 0.3 is 0 Å². The minimum absolute atomic E-state index is 0.679. The highest BCUT2D eigenvalue weighted by Crippen LogP contribution is 2.40. The Morgan fingerprint density at radius 1 is 1.27 bits per heavy atom. The maximum Gasteiger partial charge on any atom is 0.122 e. The summed E-state index contributed by atoms with van der Waals surface area (Å²) in [6.45, 7) is 0.862. The van der Waals surface area contributed by atoms with E-state index in [4.69, 9.17) is 4.74 Å². The molecule has 2 heteroatoms. The van der Waals surface area contributed by atoms with Crippen molar-refractivity contribution >= 4 is 15.9 Å². The lowest BCUT2D eigenvalue weighted by Gasteiger charge is -2.15. The van der Waals surface area contributed by atoms with Gasteiger partial charge in [0.05, 0.1) is 6.61 Å². The summed E-state index contributed by atoms with van der Waals surface area (Å²) < 4.78 is 5.53. The molecule has 80 valence electrons. The first-order valence-corrected chi connectivity index (χ1v) is 6.66. The minimum Gasteiger partial charge on any atom is -0.493 e. The van der Waals surface area contributed by atoms with Gasteiger partial charge in [0, 0.05) is 11.2 Å². The molecule has 1 aliphatic carbocycles.